The number of nitrogens with zero attached hydrogens (tertiary/aromatic N) is 2. The largest absolute Gasteiger partial charge is 0.374 e. The minimum absolute atomic E-state index is 0.190. The Kier molecular flexibility index (Phi) is 6.06. The molecule has 0 saturated heterocycles. The highest BCUT2D eigenvalue weighted by Crippen LogP contribution is 2.25. The van der Waals surface area contributed by atoms with Crippen LogP contribution in [0.4, 0.5) is 20.4 Å². The first-order chi connectivity index (χ1) is 8.15. The first-order valence-electron chi connectivity index (χ1n) is 4.93. The Balaban J connectivity index is 2.36. The number of aromatic nitrogens is 2. The first kappa shape index (κ1) is 14.0. The third-order valence-electron chi connectivity index (χ3n) is 1.81. The normalized spacial score (nSPS) is 10.6. The topological polar surface area (TPSA) is 59.1 Å². The van der Waals surface area contributed by atoms with Crippen molar-refractivity contribution < 1.29 is 13.5 Å². The fourth-order valence-electron chi connectivity index (χ4n) is 1.08. The highest BCUT2D eigenvalue weighted by Gasteiger charge is 2.06. The molecule has 17 heavy (non-hydrogen) atoms. The second-order valence-electron chi connectivity index (χ2n) is 3.03. The molecule has 0 aliphatic rings. The van der Waals surface area contributed by atoms with E-state index in [0.29, 0.717) is 22.7 Å². The molecule has 2 N–H and O–H groups in total. The van der Waals surface area contributed by atoms with Gasteiger partial charge in [0, 0.05) is 13.6 Å². The van der Waals surface area contributed by atoms with Gasteiger partial charge in [0.2, 0.25) is 0 Å². The van der Waals surface area contributed by atoms with Crippen molar-refractivity contribution in [1.82, 2.24) is 9.97 Å². The van der Waals surface area contributed by atoms with Crippen LogP contribution in [0, 0.1) is 0 Å². The molecule has 0 spiro atoms. The van der Waals surface area contributed by atoms with E-state index in [1.807, 2.05) is 0 Å². The maximum absolute atomic E-state index is 11.8. The van der Waals surface area contributed by atoms with E-state index in [-0.39, 0.29) is 6.61 Å². The number of anilines is 2. The van der Waals surface area contributed by atoms with Crippen LogP contribution in [0.1, 0.15) is 0 Å². The highest BCUT2D eigenvalue weighted by molar-refractivity contribution is 9.10. The zero-order chi connectivity index (χ0) is 12.7. The first-order valence-corrected chi connectivity index (χ1v) is 5.72. The van der Waals surface area contributed by atoms with Crippen LogP contribution < -0.4 is 10.6 Å². The minimum Gasteiger partial charge on any atom is -0.374 e. The van der Waals surface area contributed by atoms with Crippen LogP contribution in [0.5, 0.6) is 0 Å². The molecule has 5 nitrogen and oxygen atoms in total. The van der Waals surface area contributed by atoms with Gasteiger partial charge in [-0.2, -0.15) is 0 Å². The van der Waals surface area contributed by atoms with Crippen LogP contribution in [0.2, 0.25) is 0 Å². The molecule has 0 aromatic carbocycles. The molecule has 0 aliphatic heterocycles. The Hall–Kier alpha value is -1.02. The summed E-state index contributed by atoms with van der Waals surface area (Å²) in [6, 6.07) is 0. The Morgan fingerprint density at radius 2 is 2.12 bits per heavy atom. The summed E-state index contributed by atoms with van der Waals surface area (Å²) in [6.45, 7) is 0.0372. The van der Waals surface area contributed by atoms with Crippen LogP contribution in [0.15, 0.2) is 10.8 Å². The number of ether oxygens (including phenoxy) is 1. The Labute approximate surface area is 106 Å². The average molecular weight is 311 g/mol. The van der Waals surface area contributed by atoms with E-state index in [1.165, 1.54) is 6.33 Å². The molecule has 0 atom stereocenters. The highest BCUT2D eigenvalue weighted by atomic mass is 79.9. The molecule has 96 valence electrons. The number of hydrogen-bond donors (Lipinski definition) is 2. The van der Waals surface area contributed by atoms with Crippen molar-refractivity contribution in [2.24, 2.45) is 0 Å². The summed E-state index contributed by atoms with van der Waals surface area (Å²) < 4.78 is 28.9. The quantitative estimate of drug-likeness (QED) is 0.754. The van der Waals surface area contributed by atoms with Gasteiger partial charge in [-0.05, 0) is 15.9 Å². The van der Waals surface area contributed by atoms with Crippen LogP contribution >= 0.6 is 15.9 Å². The van der Waals surface area contributed by atoms with E-state index < -0.39 is 13.0 Å². The summed E-state index contributed by atoms with van der Waals surface area (Å²) in [5.41, 5.74) is 0. The van der Waals surface area contributed by atoms with Gasteiger partial charge in [0.25, 0.3) is 6.43 Å². The van der Waals surface area contributed by atoms with E-state index in [0.717, 1.165) is 0 Å². The Morgan fingerprint density at radius 1 is 1.41 bits per heavy atom. The van der Waals surface area contributed by atoms with Crippen LogP contribution in [0.25, 0.3) is 0 Å². The third kappa shape index (κ3) is 4.78. The van der Waals surface area contributed by atoms with Gasteiger partial charge in [0.05, 0.1) is 6.61 Å². The van der Waals surface area contributed by atoms with Gasteiger partial charge < -0.3 is 15.4 Å². The van der Waals surface area contributed by atoms with Crippen molar-refractivity contribution in [3.05, 3.63) is 10.8 Å². The van der Waals surface area contributed by atoms with Crippen molar-refractivity contribution in [2.75, 3.05) is 37.4 Å². The molecule has 1 heterocycles. The molecule has 0 unspecified atom stereocenters. The Morgan fingerprint density at radius 3 is 2.76 bits per heavy atom. The number of rotatable bonds is 7. The molecular formula is C9H13BrF2N4O. The molecule has 8 heteroatoms. The van der Waals surface area contributed by atoms with Gasteiger partial charge in [-0.15, -0.1) is 0 Å². The maximum atomic E-state index is 11.8. The lowest BCUT2D eigenvalue weighted by molar-refractivity contribution is 0.0215. The molecule has 0 amide bonds. The van der Waals surface area contributed by atoms with E-state index in [1.54, 1.807) is 7.05 Å². The molecule has 0 bridgehead atoms. The predicted octanol–water partition coefficient (Wildman–Crippen LogP) is 1.97. The van der Waals surface area contributed by atoms with Crippen molar-refractivity contribution in [3.8, 4) is 0 Å². The van der Waals surface area contributed by atoms with Crippen molar-refractivity contribution >= 4 is 27.6 Å². The predicted molar refractivity (Wildman–Crippen MR) is 64.6 cm³/mol. The molecule has 1 aromatic rings. The Bertz CT molecular complexity index is 354. The lowest BCUT2D eigenvalue weighted by Gasteiger charge is -2.09. The van der Waals surface area contributed by atoms with E-state index in [4.69, 9.17) is 4.74 Å². The van der Waals surface area contributed by atoms with Gasteiger partial charge in [-0.25, -0.2) is 18.7 Å². The van der Waals surface area contributed by atoms with Gasteiger partial charge >= 0.3 is 0 Å². The standard InChI is InChI=1S/C9H13BrF2N4O/c1-13-8-7(10)9(16-5-15-8)14-2-3-17-4-6(11)12/h5-6H,2-4H2,1H3,(H2,13,14,15,16). The van der Waals surface area contributed by atoms with E-state index in [2.05, 4.69) is 36.5 Å². The molecule has 0 aliphatic carbocycles. The second kappa shape index (κ2) is 7.33. The summed E-state index contributed by atoms with van der Waals surface area (Å²) in [7, 11) is 1.74. The minimum atomic E-state index is -2.43. The fourth-order valence-corrected chi connectivity index (χ4v) is 1.62. The summed E-state index contributed by atoms with van der Waals surface area (Å²) in [6.07, 6.45) is -1.03. The lowest BCUT2D eigenvalue weighted by Crippen LogP contribution is -2.14. The van der Waals surface area contributed by atoms with Gasteiger partial charge in [0.1, 0.15) is 29.0 Å². The van der Waals surface area contributed by atoms with Crippen molar-refractivity contribution in [2.45, 2.75) is 6.43 Å². The van der Waals surface area contributed by atoms with Crippen LogP contribution in [0.3, 0.4) is 0 Å². The molecule has 1 rings (SSSR count). The average Bonchev–Trinajstić information content (AvgIpc) is 2.30. The van der Waals surface area contributed by atoms with Crippen molar-refractivity contribution in [3.63, 3.8) is 0 Å². The van der Waals surface area contributed by atoms with E-state index >= 15 is 0 Å². The third-order valence-corrected chi connectivity index (χ3v) is 2.56. The van der Waals surface area contributed by atoms with Crippen molar-refractivity contribution in [1.29, 1.82) is 0 Å². The number of halogens is 3. The van der Waals surface area contributed by atoms with Crippen LogP contribution in [-0.2, 0) is 4.74 Å². The van der Waals surface area contributed by atoms with Gasteiger partial charge in [0.15, 0.2) is 0 Å². The smallest absolute Gasteiger partial charge is 0.261 e. The molecular weight excluding hydrogens is 298 g/mol. The summed E-state index contributed by atoms with van der Waals surface area (Å²) in [4.78, 5) is 7.99. The number of alkyl halides is 2. The fraction of sp³-hybridized carbons (Fsp3) is 0.556. The van der Waals surface area contributed by atoms with Gasteiger partial charge in [-0.3, -0.25) is 0 Å². The zero-order valence-corrected chi connectivity index (χ0v) is 10.8. The van der Waals surface area contributed by atoms with Crippen LogP contribution in [-0.4, -0.2) is 43.2 Å². The zero-order valence-electron chi connectivity index (χ0n) is 9.21. The molecule has 0 radical (unpaired) electrons. The SMILES string of the molecule is CNc1ncnc(NCCOCC(F)F)c1Br. The summed E-state index contributed by atoms with van der Waals surface area (Å²) >= 11 is 3.32. The second-order valence-corrected chi connectivity index (χ2v) is 3.82. The summed E-state index contributed by atoms with van der Waals surface area (Å²) in [5, 5.41) is 5.84. The molecule has 0 saturated carbocycles. The lowest BCUT2D eigenvalue weighted by atomic mass is 10.5. The van der Waals surface area contributed by atoms with E-state index in [9.17, 15) is 8.78 Å². The number of nitrogens with one attached hydrogen (secondary N) is 2. The maximum Gasteiger partial charge on any atom is 0.261 e. The monoisotopic (exact) mass is 310 g/mol. The number of hydrogen-bond acceptors (Lipinski definition) is 5. The van der Waals surface area contributed by atoms with Gasteiger partial charge in [-0.1, -0.05) is 0 Å². The molecule has 0 fully saturated rings. The molecule has 1 aromatic heterocycles. The summed E-state index contributed by atoms with van der Waals surface area (Å²) in [5.74, 6) is 1.24.